The summed E-state index contributed by atoms with van der Waals surface area (Å²) in [6.07, 6.45) is 3.37. The van der Waals surface area contributed by atoms with Crippen LogP contribution in [0.4, 0.5) is 0 Å². The van der Waals surface area contributed by atoms with E-state index >= 15 is 0 Å². The second kappa shape index (κ2) is 4.42. The van der Waals surface area contributed by atoms with E-state index in [0.29, 0.717) is 6.42 Å². The fraction of sp³-hybridized carbons (Fsp3) is 0.562. The molecule has 1 fully saturated rings. The van der Waals surface area contributed by atoms with Gasteiger partial charge in [0, 0.05) is 0 Å². The summed E-state index contributed by atoms with van der Waals surface area (Å²) in [5.74, 6) is -0.631. The minimum absolute atomic E-state index is 0.152. The molecular weight excluding hydrogens is 224 g/mol. The van der Waals surface area contributed by atoms with Crippen molar-refractivity contribution in [3.8, 4) is 0 Å². The molecule has 0 unspecified atom stereocenters. The smallest absolute Gasteiger partial charge is 0.309 e. The van der Waals surface area contributed by atoms with Gasteiger partial charge in [0.15, 0.2) is 0 Å². The minimum atomic E-state index is -0.631. The number of carbonyl (C=O) groups is 1. The van der Waals surface area contributed by atoms with E-state index in [1.54, 1.807) is 0 Å². The number of hydrogen-bond donors (Lipinski definition) is 1. The fourth-order valence-corrected chi connectivity index (χ4v) is 2.58. The van der Waals surface area contributed by atoms with Crippen molar-refractivity contribution in [1.29, 1.82) is 0 Å². The quantitative estimate of drug-likeness (QED) is 0.881. The molecule has 1 saturated carbocycles. The normalized spacial score (nSPS) is 18.2. The van der Waals surface area contributed by atoms with E-state index < -0.39 is 11.4 Å². The number of rotatable bonds is 3. The van der Waals surface area contributed by atoms with Gasteiger partial charge in [-0.15, -0.1) is 0 Å². The Balaban J connectivity index is 2.14. The SMILES string of the molecule is CC(C)(C)c1ccc(CC2(C(=O)O)CCC2)cc1. The van der Waals surface area contributed by atoms with Crippen LogP contribution in [-0.2, 0) is 16.6 Å². The average Bonchev–Trinajstić information content (AvgIpc) is 2.22. The highest BCUT2D eigenvalue weighted by atomic mass is 16.4. The molecule has 18 heavy (non-hydrogen) atoms. The Labute approximate surface area is 109 Å². The summed E-state index contributed by atoms with van der Waals surface area (Å²) in [4.78, 5) is 11.3. The molecule has 2 heteroatoms. The number of benzene rings is 1. The Morgan fingerprint density at radius 3 is 2.11 bits per heavy atom. The highest BCUT2D eigenvalue weighted by Crippen LogP contribution is 2.44. The van der Waals surface area contributed by atoms with Crippen LogP contribution in [0, 0.1) is 5.41 Å². The summed E-state index contributed by atoms with van der Waals surface area (Å²) in [5, 5.41) is 9.33. The molecule has 0 radical (unpaired) electrons. The van der Waals surface area contributed by atoms with Crippen LogP contribution in [0.2, 0.25) is 0 Å². The van der Waals surface area contributed by atoms with Crippen molar-refractivity contribution in [3.63, 3.8) is 0 Å². The second-order valence-electron chi connectivity index (χ2n) is 6.56. The first-order valence-corrected chi connectivity index (χ1v) is 6.66. The van der Waals surface area contributed by atoms with Gasteiger partial charge in [0.05, 0.1) is 5.41 Å². The minimum Gasteiger partial charge on any atom is -0.481 e. The molecule has 1 aromatic rings. The summed E-state index contributed by atoms with van der Waals surface area (Å²) in [6, 6.07) is 8.43. The van der Waals surface area contributed by atoms with Gasteiger partial charge in [-0.25, -0.2) is 0 Å². The third-order valence-electron chi connectivity index (χ3n) is 4.13. The number of aliphatic carboxylic acids is 1. The number of carboxylic acid groups (broad SMARTS) is 1. The molecule has 0 spiro atoms. The van der Waals surface area contributed by atoms with Crippen LogP contribution in [0.3, 0.4) is 0 Å². The highest BCUT2D eigenvalue weighted by molar-refractivity contribution is 5.76. The lowest BCUT2D eigenvalue weighted by molar-refractivity contribution is -0.154. The Morgan fingerprint density at radius 1 is 1.22 bits per heavy atom. The molecule has 1 aromatic carbocycles. The topological polar surface area (TPSA) is 37.3 Å². The van der Waals surface area contributed by atoms with Crippen LogP contribution in [0.5, 0.6) is 0 Å². The maximum Gasteiger partial charge on any atom is 0.309 e. The fourth-order valence-electron chi connectivity index (χ4n) is 2.58. The van der Waals surface area contributed by atoms with Crippen molar-refractivity contribution in [3.05, 3.63) is 35.4 Å². The van der Waals surface area contributed by atoms with E-state index in [-0.39, 0.29) is 5.41 Å². The Hall–Kier alpha value is -1.31. The van der Waals surface area contributed by atoms with Crippen molar-refractivity contribution in [2.45, 2.75) is 51.9 Å². The lowest BCUT2D eigenvalue weighted by Gasteiger charge is -2.37. The van der Waals surface area contributed by atoms with Gasteiger partial charge in [-0.1, -0.05) is 51.5 Å². The maximum absolute atomic E-state index is 11.3. The summed E-state index contributed by atoms with van der Waals surface area (Å²) < 4.78 is 0. The second-order valence-corrected chi connectivity index (χ2v) is 6.56. The van der Waals surface area contributed by atoms with E-state index in [0.717, 1.165) is 24.8 Å². The molecule has 1 aliphatic rings. The Kier molecular flexibility index (Phi) is 3.22. The molecule has 2 nitrogen and oxygen atoms in total. The standard InChI is InChI=1S/C16H22O2/c1-15(2,3)13-7-5-12(6-8-13)11-16(14(17)18)9-4-10-16/h5-8H,4,9-11H2,1-3H3,(H,17,18). The van der Waals surface area contributed by atoms with E-state index in [9.17, 15) is 9.90 Å². The molecule has 0 bridgehead atoms. The molecule has 0 saturated heterocycles. The van der Waals surface area contributed by atoms with Gasteiger partial charge in [-0.2, -0.15) is 0 Å². The van der Waals surface area contributed by atoms with Crippen LogP contribution < -0.4 is 0 Å². The number of carboxylic acids is 1. The Bertz CT molecular complexity index is 433. The summed E-state index contributed by atoms with van der Waals surface area (Å²) >= 11 is 0. The van der Waals surface area contributed by atoms with Crippen LogP contribution in [0.1, 0.15) is 51.2 Å². The van der Waals surface area contributed by atoms with Crippen LogP contribution >= 0.6 is 0 Å². The summed E-state index contributed by atoms with van der Waals surface area (Å²) in [7, 11) is 0. The summed E-state index contributed by atoms with van der Waals surface area (Å²) in [6.45, 7) is 6.56. The van der Waals surface area contributed by atoms with E-state index in [4.69, 9.17) is 0 Å². The van der Waals surface area contributed by atoms with Crippen molar-refractivity contribution in [1.82, 2.24) is 0 Å². The molecule has 0 heterocycles. The molecule has 1 aliphatic carbocycles. The van der Waals surface area contributed by atoms with Crippen molar-refractivity contribution in [2.24, 2.45) is 5.41 Å². The first-order chi connectivity index (χ1) is 8.33. The molecule has 0 aromatic heterocycles. The van der Waals surface area contributed by atoms with Gasteiger partial charge >= 0.3 is 5.97 Å². The van der Waals surface area contributed by atoms with Gasteiger partial charge in [0.25, 0.3) is 0 Å². The largest absolute Gasteiger partial charge is 0.481 e. The summed E-state index contributed by atoms with van der Waals surface area (Å²) in [5.41, 5.74) is 2.11. The van der Waals surface area contributed by atoms with Crippen molar-refractivity contribution >= 4 is 5.97 Å². The van der Waals surface area contributed by atoms with Crippen LogP contribution in [-0.4, -0.2) is 11.1 Å². The predicted octanol–water partition coefficient (Wildman–Crippen LogP) is 3.78. The number of hydrogen-bond acceptors (Lipinski definition) is 1. The maximum atomic E-state index is 11.3. The van der Waals surface area contributed by atoms with Gasteiger partial charge in [-0.3, -0.25) is 4.79 Å². The van der Waals surface area contributed by atoms with Gasteiger partial charge in [0.2, 0.25) is 0 Å². The molecule has 98 valence electrons. The van der Waals surface area contributed by atoms with Gasteiger partial charge < -0.3 is 5.11 Å². The van der Waals surface area contributed by atoms with Crippen LogP contribution in [0.25, 0.3) is 0 Å². The zero-order valence-corrected chi connectivity index (χ0v) is 11.5. The van der Waals surface area contributed by atoms with E-state index in [1.807, 2.05) is 0 Å². The lowest BCUT2D eigenvalue weighted by Crippen LogP contribution is -2.39. The molecule has 0 amide bonds. The zero-order valence-electron chi connectivity index (χ0n) is 11.5. The first-order valence-electron chi connectivity index (χ1n) is 6.66. The first kappa shape index (κ1) is 13.1. The molecule has 0 aliphatic heterocycles. The van der Waals surface area contributed by atoms with E-state index in [2.05, 4.69) is 45.0 Å². The molecule has 0 atom stereocenters. The van der Waals surface area contributed by atoms with Crippen molar-refractivity contribution in [2.75, 3.05) is 0 Å². The van der Waals surface area contributed by atoms with Gasteiger partial charge in [0.1, 0.15) is 0 Å². The highest BCUT2D eigenvalue weighted by Gasteiger charge is 2.44. The third-order valence-corrected chi connectivity index (χ3v) is 4.13. The predicted molar refractivity (Wildman–Crippen MR) is 72.8 cm³/mol. The third kappa shape index (κ3) is 2.43. The molecule has 1 N–H and O–H groups in total. The van der Waals surface area contributed by atoms with Gasteiger partial charge in [-0.05, 0) is 35.8 Å². The zero-order chi connectivity index (χ0) is 13.4. The molecular formula is C16H22O2. The van der Waals surface area contributed by atoms with E-state index in [1.165, 1.54) is 5.56 Å². The molecule has 2 rings (SSSR count). The lowest BCUT2D eigenvalue weighted by atomic mass is 9.65. The average molecular weight is 246 g/mol. The van der Waals surface area contributed by atoms with Crippen LogP contribution in [0.15, 0.2) is 24.3 Å². The van der Waals surface area contributed by atoms with Crippen molar-refractivity contribution < 1.29 is 9.90 Å². The monoisotopic (exact) mass is 246 g/mol. The Morgan fingerprint density at radius 2 is 1.78 bits per heavy atom.